The Morgan fingerprint density at radius 1 is 1.17 bits per heavy atom. The molecule has 2 amide bonds. The summed E-state index contributed by atoms with van der Waals surface area (Å²) in [6.07, 6.45) is 0.185. The van der Waals surface area contributed by atoms with Crippen LogP contribution in [0.3, 0.4) is 0 Å². The number of rotatable bonds is 3. The number of anilines is 1. The van der Waals surface area contributed by atoms with E-state index in [0.29, 0.717) is 37.7 Å². The van der Waals surface area contributed by atoms with Gasteiger partial charge < -0.3 is 9.47 Å². The molecule has 7 nitrogen and oxygen atoms in total. The maximum Gasteiger partial charge on any atom is 0.308 e. The summed E-state index contributed by atoms with van der Waals surface area (Å²) in [5, 5.41) is 0. The van der Waals surface area contributed by atoms with Gasteiger partial charge in [-0.25, -0.2) is 4.90 Å². The fourth-order valence-corrected chi connectivity index (χ4v) is 2.89. The van der Waals surface area contributed by atoms with Gasteiger partial charge in [0.05, 0.1) is 31.4 Å². The first-order valence-corrected chi connectivity index (χ1v) is 7.53. The van der Waals surface area contributed by atoms with Gasteiger partial charge in [0.2, 0.25) is 5.91 Å². The highest BCUT2D eigenvalue weighted by Crippen LogP contribution is 2.27. The normalized spacial score (nSPS) is 22.5. The van der Waals surface area contributed by atoms with Crippen LogP contribution < -0.4 is 9.64 Å². The summed E-state index contributed by atoms with van der Waals surface area (Å²) in [5.41, 5.74) is 0.492. The minimum Gasteiger partial charge on any atom is -0.427 e. The van der Waals surface area contributed by atoms with Crippen molar-refractivity contribution in [2.75, 3.05) is 31.2 Å². The van der Waals surface area contributed by atoms with E-state index in [0.717, 1.165) is 0 Å². The molecule has 7 heteroatoms. The summed E-state index contributed by atoms with van der Waals surface area (Å²) in [5.74, 6) is -0.465. The number of imide groups is 1. The quantitative estimate of drug-likeness (QED) is 0.461. The van der Waals surface area contributed by atoms with Crippen molar-refractivity contribution in [3.63, 3.8) is 0 Å². The number of benzene rings is 1. The molecule has 1 aromatic carbocycles. The predicted molar refractivity (Wildman–Crippen MR) is 81.0 cm³/mol. The first-order chi connectivity index (χ1) is 11.1. The van der Waals surface area contributed by atoms with Crippen molar-refractivity contribution in [2.45, 2.75) is 19.4 Å². The molecule has 0 aliphatic carbocycles. The summed E-state index contributed by atoms with van der Waals surface area (Å²) < 4.78 is 10.2. The average Bonchev–Trinajstić information content (AvgIpc) is 2.83. The SMILES string of the molecule is CC(=O)Oc1ccc(N2C(=O)C[C@@H](N3CCOCC3)C2=O)cc1. The minimum atomic E-state index is -0.418. The van der Waals surface area contributed by atoms with Gasteiger partial charge in [0.1, 0.15) is 5.75 Å². The summed E-state index contributed by atoms with van der Waals surface area (Å²) in [4.78, 5) is 39.0. The number of hydrogen-bond donors (Lipinski definition) is 0. The van der Waals surface area contributed by atoms with E-state index in [2.05, 4.69) is 0 Å². The summed E-state index contributed by atoms with van der Waals surface area (Å²) >= 11 is 0. The Morgan fingerprint density at radius 2 is 1.83 bits per heavy atom. The molecule has 3 rings (SSSR count). The Bertz CT molecular complexity index is 622. The van der Waals surface area contributed by atoms with Crippen molar-refractivity contribution >= 4 is 23.5 Å². The Kier molecular flexibility index (Phi) is 4.40. The highest BCUT2D eigenvalue weighted by Gasteiger charge is 2.42. The van der Waals surface area contributed by atoms with E-state index >= 15 is 0 Å². The number of carbonyl (C=O) groups excluding carboxylic acids is 3. The van der Waals surface area contributed by atoms with E-state index in [1.54, 1.807) is 24.3 Å². The molecule has 0 saturated carbocycles. The highest BCUT2D eigenvalue weighted by atomic mass is 16.5. The molecule has 122 valence electrons. The molecule has 2 heterocycles. The highest BCUT2D eigenvalue weighted by molar-refractivity contribution is 6.22. The van der Waals surface area contributed by atoms with E-state index < -0.39 is 12.0 Å². The molecule has 2 fully saturated rings. The zero-order valence-corrected chi connectivity index (χ0v) is 12.9. The molecule has 1 atom stereocenters. The number of hydrogen-bond acceptors (Lipinski definition) is 6. The van der Waals surface area contributed by atoms with E-state index in [1.807, 2.05) is 4.90 Å². The number of morpholine rings is 1. The van der Waals surface area contributed by atoms with Crippen molar-refractivity contribution in [2.24, 2.45) is 0 Å². The van der Waals surface area contributed by atoms with Gasteiger partial charge in [-0.1, -0.05) is 0 Å². The van der Waals surface area contributed by atoms with Gasteiger partial charge in [-0.15, -0.1) is 0 Å². The number of amides is 2. The molecular formula is C16H18N2O5. The largest absolute Gasteiger partial charge is 0.427 e. The molecule has 2 aliphatic heterocycles. The van der Waals surface area contributed by atoms with E-state index in [9.17, 15) is 14.4 Å². The van der Waals surface area contributed by atoms with Crippen LogP contribution in [0.2, 0.25) is 0 Å². The van der Waals surface area contributed by atoms with Crippen LogP contribution in [0.15, 0.2) is 24.3 Å². The van der Waals surface area contributed by atoms with Gasteiger partial charge in [0, 0.05) is 20.0 Å². The molecule has 2 saturated heterocycles. The standard InChI is InChI=1S/C16H18N2O5/c1-11(19)23-13-4-2-12(3-5-13)18-15(20)10-14(16(18)21)17-6-8-22-9-7-17/h2-5,14H,6-10H2,1H3/t14-/m1/s1. The second-order valence-corrected chi connectivity index (χ2v) is 5.52. The molecule has 0 radical (unpaired) electrons. The average molecular weight is 318 g/mol. The lowest BCUT2D eigenvalue weighted by molar-refractivity contribution is -0.132. The van der Waals surface area contributed by atoms with Crippen LogP contribution in [0.4, 0.5) is 5.69 Å². The second-order valence-electron chi connectivity index (χ2n) is 5.52. The molecule has 0 spiro atoms. The smallest absolute Gasteiger partial charge is 0.308 e. The monoisotopic (exact) mass is 318 g/mol. The minimum absolute atomic E-state index is 0.185. The second kappa shape index (κ2) is 6.47. The number of esters is 1. The predicted octanol–water partition coefficient (Wildman–Crippen LogP) is 0.576. The maximum atomic E-state index is 12.6. The van der Waals surface area contributed by atoms with Crippen molar-refractivity contribution in [1.29, 1.82) is 0 Å². The van der Waals surface area contributed by atoms with Crippen molar-refractivity contribution < 1.29 is 23.9 Å². The Morgan fingerprint density at radius 3 is 2.43 bits per heavy atom. The number of ether oxygens (including phenoxy) is 2. The van der Waals surface area contributed by atoms with Crippen LogP contribution in [0.1, 0.15) is 13.3 Å². The lowest BCUT2D eigenvalue weighted by atomic mass is 10.2. The summed E-state index contributed by atoms with van der Waals surface area (Å²) in [6, 6.07) is 5.93. The number of carbonyl (C=O) groups is 3. The lowest BCUT2D eigenvalue weighted by Gasteiger charge is -2.30. The zero-order chi connectivity index (χ0) is 16.4. The van der Waals surface area contributed by atoms with Crippen LogP contribution in [-0.4, -0.2) is 55.0 Å². The van der Waals surface area contributed by atoms with Gasteiger partial charge >= 0.3 is 5.97 Å². The third-order valence-corrected chi connectivity index (χ3v) is 3.97. The van der Waals surface area contributed by atoms with Gasteiger partial charge in [-0.3, -0.25) is 19.3 Å². The maximum absolute atomic E-state index is 12.6. The molecule has 23 heavy (non-hydrogen) atoms. The lowest BCUT2D eigenvalue weighted by Crippen LogP contribution is -2.47. The third-order valence-electron chi connectivity index (χ3n) is 3.97. The molecule has 0 bridgehead atoms. The Hall–Kier alpha value is -2.25. The van der Waals surface area contributed by atoms with E-state index in [1.165, 1.54) is 11.8 Å². The molecule has 2 aliphatic rings. The zero-order valence-electron chi connectivity index (χ0n) is 12.9. The summed E-state index contributed by atoms with van der Waals surface area (Å²) in [6.45, 7) is 3.78. The van der Waals surface area contributed by atoms with Crippen molar-refractivity contribution in [3.05, 3.63) is 24.3 Å². The van der Waals surface area contributed by atoms with Crippen LogP contribution in [0.5, 0.6) is 5.75 Å². The van der Waals surface area contributed by atoms with Gasteiger partial charge in [-0.05, 0) is 24.3 Å². The fourth-order valence-electron chi connectivity index (χ4n) is 2.89. The first-order valence-electron chi connectivity index (χ1n) is 7.53. The van der Waals surface area contributed by atoms with Crippen molar-refractivity contribution in [3.8, 4) is 5.75 Å². The Balaban J connectivity index is 1.75. The van der Waals surface area contributed by atoms with E-state index in [-0.39, 0.29) is 18.2 Å². The van der Waals surface area contributed by atoms with Crippen LogP contribution in [0.25, 0.3) is 0 Å². The molecule has 0 aromatic heterocycles. The Labute approximate surface area is 133 Å². The first kappa shape index (κ1) is 15.6. The fraction of sp³-hybridized carbons (Fsp3) is 0.438. The van der Waals surface area contributed by atoms with E-state index in [4.69, 9.17) is 9.47 Å². The van der Waals surface area contributed by atoms with Gasteiger partial charge in [0.15, 0.2) is 0 Å². The topological polar surface area (TPSA) is 76.2 Å². The number of nitrogens with zero attached hydrogens (tertiary/aromatic N) is 2. The molecular weight excluding hydrogens is 300 g/mol. The van der Waals surface area contributed by atoms with Crippen molar-refractivity contribution in [1.82, 2.24) is 4.90 Å². The molecule has 0 unspecified atom stereocenters. The van der Waals surface area contributed by atoms with Crippen LogP contribution in [0, 0.1) is 0 Å². The third kappa shape index (κ3) is 3.25. The molecule has 1 aromatic rings. The van der Waals surface area contributed by atoms with Gasteiger partial charge in [-0.2, -0.15) is 0 Å². The summed E-state index contributed by atoms with van der Waals surface area (Å²) in [7, 11) is 0. The van der Waals surface area contributed by atoms with Gasteiger partial charge in [0.25, 0.3) is 5.91 Å². The van der Waals surface area contributed by atoms with Crippen LogP contribution >= 0.6 is 0 Å². The molecule has 0 N–H and O–H groups in total. The van der Waals surface area contributed by atoms with Crippen LogP contribution in [-0.2, 0) is 19.1 Å².